The first-order valence-corrected chi connectivity index (χ1v) is 8.55. The molecule has 0 bridgehead atoms. The molecular weight excluding hydrogens is 344 g/mol. The van der Waals surface area contributed by atoms with Crippen molar-refractivity contribution in [3.05, 3.63) is 0 Å². The molecule has 2 aliphatic heterocycles. The highest BCUT2D eigenvalue weighted by Gasteiger charge is 2.47. The number of ether oxygens (including phenoxy) is 2. The van der Waals surface area contributed by atoms with Crippen LogP contribution in [0.15, 0.2) is 0 Å². The number of amides is 2. The van der Waals surface area contributed by atoms with Gasteiger partial charge in [-0.25, -0.2) is 4.79 Å². The van der Waals surface area contributed by atoms with Crippen molar-refractivity contribution in [2.75, 3.05) is 32.2 Å². The maximum atomic E-state index is 12.4. The Morgan fingerprint density at radius 3 is 2.58 bits per heavy atom. The van der Waals surface area contributed by atoms with Gasteiger partial charge in [-0.2, -0.15) is 0 Å². The summed E-state index contributed by atoms with van der Waals surface area (Å²) in [6.07, 6.45) is -5.43. The van der Waals surface area contributed by atoms with Crippen LogP contribution in [0.3, 0.4) is 0 Å². The van der Waals surface area contributed by atoms with Gasteiger partial charge in [-0.3, -0.25) is 4.90 Å². The third-order valence-corrected chi connectivity index (χ3v) is 4.42. The first-order chi connectivity index (χ1) is 11.5. The van der Waals surface area contributed by atoms with Gasteiger partial charge in [0.2, 0.25) is 0 Å². The summed E-state index contributed by atoms with van der Waals surface area (Å²) < 4.78 is 11.0. The van der Waals surface area contributed by atoms with E-state index in [4.69, 9.17) is 21.1 Å². The highest BCUT2D eigenvalue weighted by molar-refractivity contribution is 6.18. The summed E-state index contributed by atoms with van der Waals surface area (Å²) in [4.78, 5) is 13.6. The lowest BCUT2D eigenvalue weighted by atomic mass is 9.97. The van der Waals surface area contributed by atoms with Crippen LogP contribution in [0.25, 0.3) is 0 Å². The highest BCUT2D eigenvalue weighted by Crippen LogP contribution is 2.25. The van der Waals surface area contributed by atoms with E-state index in [1.165, 1.54) is 4.90 Å². The second-order valence-corrected chi connectivity index (χ2v) is 6.31. The topological polar surface area (TPSA) is 132 Å². The second-order valence-electron chi connectivity index (χ2n) is 5.93. The predicted molar refractivity (Wildman–Crippen MR) is 83.6 cm³/mol. The largest absolute Gasteiger partial charge is 0.394 e. The summed E-state index contributed by atoms with van der Waals surface area (Å²) in [7, 11) is 0. The number of nitrogens with one attached hydrogen (secondary N) is 1. The molecular formula is C14H25ClN2O7. The quantitative estimate of drug-likeness (QED) is 0.350. The summed E-state index contributed by atoms with van der Waals surface area (Å²) in [6, 6.07) is -0.532. The number of halogens is 1. The van der Waals surface area contributed by atoms with Crippen LogP contribution < -0.4 is 5.32 Å². The Balaban J connectivity index is 2.14. The van der Waals surface area contributed by atoms with Crippen LogP contribution in [0.5, 0.6) is 0 Å². The van der Waals surface area contributed by atoms with Gasteiger partial charge in [0.05, 0.1) is 19.3 Å². The number of aliphatic hydroxyl groups excluding tert-OH is 4. The lowest BCUT2D eigenvalue weighted by Gasteiger charge is -2.44. The minimum atomic E-state index is -1.55. The van der Waals surface area contributed by atoms with Crippen molar-refractivity contribution in [3.63, 3.8) is 0 Å². The van der Waals surface area contributed by atoms with E-state index in [1.54, 1.807) is 0 Å². The number of carbonyl (C=O) groups excluding carboxylic acids is 1. The number of alkyl halides is 1. The number of urea groups is 1. The molecule has 2 saturated heterocycles. The summed E-state index contributed by atoms with van der Waals surface area (Å²) >= 11 is 5.58. The summed E-state index contributed by atoms with van der Waals surface area (Å²) in [5, 5.41) is 41.9. The van der Waals surface area contributed by atoms with Gasteiger partial charge in [-0.1, -0.05) is 0 Å². The van der Waals surface area contributed by atoms with Crippen molar-refractivity contribution in [1.82, 2.24) is 10.2 Å². The Hall–Kier alpha value is -0.680. The molecule has 2 heterocycles. The Kier molecular flexibility index (Phi) is 7.48. The summed E-state index contributed by atoms with van der Waals surface area (Å²) in [6.45, 7) is 0.408. The molecule has 0 saturated carbocycles. The molecule has 10 heteroatoms. The van der Waals surface area contributed by atoms with E-state index >= 15 is 0 Å². The number of nitrogens with zero attached hydrogens (tertiary/aromatic N) is 1. The van der Waals surface area contributed by atoms with E-state index in [-0.39, 0.29) is 25.1 Å². The molecule has 0 aromatic heterocycles. The number of hydrogen-bond donors (Lipinski definition) is 5. The first-order valence-electron chi connectivity index (χ1n) is 8.02. The van der Waals surface area contributed by atoms with Crippen LogP contribution in [-0.2, 0) is 9.47 Å². The van der Waals surface area contributed by atoms with Gasteiger partial charge in [0.1, 0.15) is 24.4 Å². The molecule has 2 rings (SSSR count). The maximum Gasteiger partial charge on any atom is 0.319 e. The number of carbonyl (C=O) groups is 1. The van der Waals surface area contributed by atoms with E-state index in [9.17, 15) is 25.2 Å². The van der Waals surface area contributed by atoms with E-state index < -0.39 is 43.3 Å². The van der Waals surface area contributed by atoms with Gasteiger partial charge < -0.3 is 35.2 Å². The Morgan fingerprint density at radius 2 is 2.00 bits per heavy atom. The fourth-order valence-electron chi connectivity index (χ4n) is 2.91. The van der Waals surface area contributed by atoms with Gasteiger partial charge in [0, 0.05) is 19.0 Å². The molecule has 0 spiro atoms. The lowest BCUT2D eigenvalue weighted by molar-refractivity contribution is -0.258. The average Bonchev–Trinajstić information content (AvgIpc) is 3.09. The van der Waals surface area contributed by atoms with Crippen LogP contribution in [0.2, 0.25) is 0 Å². The fraction of sp³-hybridized carbons (Fsp3) is 0.929. The van der Waals surface area contributed by atoms with Crippen molar-refractivity contribution >= 4 is 17.6 Å². The lowest BCUT2D eigenvalue weighted by Crippen LogP contribution is -2.65. The SMILES string of the molecule is O=C(NCCCl)N(CC1CCCO1)C1O[C@H](CO)[C@@H](O)[C@H](O)[C@H]1O. The zero-order valence-corrected chi connectivity index (χ0v) is 14.0. The predicted octanol–water partition coefficient (Wildman–Crippen LogP) is -1.78. The van der Waals surface area contributed by atoms with Gasteiger partial charge >= 0.3 is 6.03 Å². The number of hydrogen-bond acceptors (Lipinski definition) is 7. The molecule has 0 aromatic rings. The van der Waals surface area contributed by atoms with Gasteiger partial charge in [-0.15, -0.1) is 11.6 Å². The zero-order valence-electron chi connectivity index (χ0n) is 13.3. The summed E-state index contributed by atoms with van der Waals surface area (Å²) in [5.74, 6) is 0.216. The standard InChI is InChI=1S/C14H25ClN2O7/c15-3-4-16-14(22)17(6-8-2-1-5-23-8)13-12(21)11(20)10(19)9(7-18)24-13/h8-13,18-21H,1-7H2,(H,16,22)/t8?,9-,10-,11+,12-,13?/m1/s1. The van der Waals surface area contributed by atoms with Crippen LogP contribution in [0.4, 0.5) is 4.79 Å². The van der Waals surface area contributed by atoms with Crippen molar-refractivity contribution in [2.45, 2.75) is 49.6 Å². The van der Waals surface area contributed by atoms with Crippen molar-refractivity contribution < 1.29 is 34.7 Å². The fourth-order valence-corrected chi connectivity index (χ4v) is 3.00. The third kappa shape index (κ3) is 4.48. The normalized spacial score (nSPS) is 36.5. The summed E-state index contributed by atoms with van der Waals surface area (Å²) in [5.41, 5.74) is 0. The monoisotopic (exact) mass is 368 g/mol. The van der Waals surface area contributed by atoms with Crippen LogP contribution in [0, 0.1) is 0 Å². The average molecular weight is 369 g/mol. The zero-order chi connectivity index (χ0) is 17.7. The smallest absolute Gasteiger partial charge is 0.319 e. The molecule has 2 unspecified atom stereocenters. The second kappa shape index (κ2) is 9.14. The number of aliphatic hydroxyl groups is 4. The molecule has 0 radical (unpaired) electrons. The first kappa shape index (κ1) is 19.6. The molecule has 2 amide bonds. The molecule has 140 valence electrons. The van der Waals surface area contributed by atoms with Crippen LogP contribution in [0.1, 0.15) is 12.8 Å². The van der Waals surface area contributed by atoms with Crippen LogP contribution in [-0.4, -0.2) is 100 Å². The molecule has 0 aromatic carbocycles. The third-order valence-electron chi connectivity index (χ3n) is 4.23. The van der Waals surface area contributed by atoms with E-state index in [0.717, 1.165) is 12.8 Å². The van der Waals surface area contributed by atoms with E-state index in [2.05, 4.69) is 5.32 Å². The minimum absolute atomic E-state index is 0.150. The van der Waals surface area contributed by atoms with E-state index in [0.29, 0.717) is 6.61 Å². The molecule has 2 aliphatic rings. The van der Waals surface area contributed by atoms with E-state index in [1.807, 2.05) is 0 Å². The van der Waals surface area contributed by atoms with Crippen molar-refractivity contribution in [3.8, 4) is 0 Å². The molecule has 2 fully saturated rings. The molecule has 24 heavy (non-hydrogen) atoms. The molecule has 9 nitrogen and oxygen atoms in total. The van der Waals surface area contributed by atoms with Gasteiger partial charge in [-0.05, 0) is 12.8 Å². The Bertz CT molecular complexity index is 409. The van der Waals surface area contributed by atoms with Gasteiger partial charge in [0.15, 0.2) is 6.23 Å². The molecule has 6 atom stereocenters. The number of rotatable bonds is 6. The minimum Gasteiger partial charge on any atom is -0.394 e. The van der Waals surface area contributed by atoms with Crippen molar-refractivity contribution in [2.24, 2.45) is 0 Å². The maximum absolute atomic E-state index is 12.4. The Labute approximate surface area is 145 Å². The highest BCUT2D eigenvalue weighted by atomic mass is 35.5. The van der Waals surface area contributed by atoms with Gasteiger partial charge in [0.25, 0.3) is 0 Å². The molecule has 0 aliphatic carbocycles. The Morgan fingerprint density at radius 1 is 1.25 bits per heavy atom. The van der Waals surface area contributed by atoms with Crippen molar-refractivity contribution in [1.29, 1.82) is 0 Å². The molecule has 5 N–H and O–H groups in total. The van der Waals surface area contributed by atoms with Crippen LogP contribution >= 0.6 is 11.6 Å².